The molecule has 3 heteroatoms. The molecule has 0 saturated carbocycles. The van der Waals surface area contributed by atoms with E-state index in [9.17, 15) is 0 Å². The van der Waals surface area contributed by atoms with E-state index in [0.717, 1.165) is 35.7 Å². The van der Waals surface area contributed by atoms with Gasteiger partial charge in [0, 0.05) is 30.2 Å². The molecular weight excluding hydrogens is 454 g/mol. The summed E-state index contributed by atoms with van der Waals surface area (Å²) < 4.78 is 13.5. The highest BCUT2D eigenvalue weighted by molar-refractivity contribution is 5.74. The summed E-state index contributed by atoms with van der Waals surface area (Å²) in [5.74, 6) is 1.59. The second-order valence-electron chi connectivity index (χ2n) is 9.12. The summed E-state index contributed by atoms with van der Waals surface area (Å²) in [4.78, 5) is 0. The summed E-state index contributed by atoms with van der Waals surface area (Å²) in [7, 11) is 0. The van der Waals surface area contributed by atoms with Crippen molar-refractivity contribution in [3.8, 4) is 33.9 Å². The second-order valence-corrected chi connectivity index (χ2v) is 9.12. The quantitative estimate of drug-likeness (QED) is 0.225. The zero-order valence-corrected chi connectivity index (χ0v) is 20.6. The maximum atomic E-state index is 5.60. The van der Waals surface area contributed by atoms with E-state index >= 15 is 0 Å². The normalized spacial score (nSPS) is 12.2. The number of benzene rings is 4. The smallest absolute Gasteiger partial charge is 0.231 e. The lowest BCUT2D eigenvalue weighted by Gasteiger charge is -2.11. The first-order valence-corrected chi connectivity index (χ1v) is 12.6. The predicted molar refractivity (Wildman–Crippen MR) is 149 cm³/mol. The Bertz CT molecular complexity index is 1530. The summed E-state index contributed by atoms with van der Waals surface area (Å²) in [6.07, 6.45) is 5.31. The molecule has 2 heterocycles. The lowest BCUT2D eigenvalue weighted by atomic mass is 10.0. The summed E-state index contributed by atoms with van der Waals surface area (Å²) in [5, 5.41) is 0. The van der Waals surface area contributed by atoms with E-state index in [1.54, 1.807) is 0 Å². The molecule has 5 aromatic rings. The van der Waals surface area contributed by atoms with Gasteiger partial charge in [-0.2, -0.15) is 4.57 Å². The van der Waals surface area contributed by atoms with Crippen LogP contribution in [0.1, 0.15) is 16.8 Å². The summed E-state index contributed by atoms with van der Waals surface area (Å²) in [6, 6.07) is 42.6. The monoisotopic (exact) mass is 482 g/mol. The molecule has 1 aliphatic heterocycles. The number of hydrogen-bond donors (Lipinski definition) is 0. The molecule has 0 amide bonds. The van der Waals surface area contributed by atoms with Crippen LogP contribution in [0.3, 0.4) is 0 Å². The van der Waals surface area contributed by atoms with E-state index < -0.39 is 0 Å². The Morgan fingerprint density at radius 3 is 2.03 bits per heavy atom. The minimum Gasteiger partial charge on any atom is -0.454 e. The van der Waals surface area contributed by atoms with Crippen LogP contribution in [-0.4, -0.2) is 6.79 Å². The van der Waals surface area contributed by atoms with Crippen molar-refractivity contribution in [3.63, 3.8) is 0 Å². The van der Waals surface area contributed by atoms with Crippen LogP contribution >= 0.6 is 0 Å². The number of aryl methyl sites for hydroxylation is 1. The third-order valence-corrected chi connectivity index (χ3v) is 6.68. The Morgan fingerprint density at radius 1 is 0.595 bits per heavy atom. The Labute approximate surface area is 217 Å². The summed E-state index contributed by atoms with van der Waals surface area (Å²) in [6.45, 7) is 1.14. The first-order valence-electron chi connectivity index (χ1n) is 12.6. The van der Waals surface area contributed by atoms with Gasteiger partial charge in [0.25, 0.3) is 0 Å². The van der Waals surface area contributed by atoms with E-state index in [2.05, 4.69) is 126 Å². The second kappa shape index (κ2) is 10.5. The predicted octanol–water partition coefficient (Wildman–Crippen LogP) is 7.45. The number of pyridine rings is 1. The van der Waals surface area contributed by atoms with E-state index in [-0.39, 0.29) is 6.79 Å². The molecule has 0 radical (unpaired) electrons. The van der Waals surface area contributed by atoms with E-state index in [1.807, 2.05) is 12.1 Å². The summed E-state index contributed by atoms with van der Waals surface area (Å²) >= 11 is 0. The van der Waals surface area contributed by atoms with Crippen LogP contribution in [0.4, 0.5) is 0 Å². The van der Waals surface area contributed by atoms with Crippen molar-refractivity contribution in [1.29, 1.82) is 0 Å². The molecule has 1 aromatic heterocycles. The van der Waals surface area contributed by atoms with Crippen LogP contribution in [0.15, 0.2) is 121 Å². The molecule has 4 aromatic carbocycles. The minimum absolute atomic E-state index is 0.279. The SMILES string of the molecule is C(=C\c1cc(-c2ccccc2)cc(-c2ccccc2)[n+]1CCc1ccccc1)/c1ccc2c(c1)OCO2. The van der Waals surface area contributed by atoms with Gasteiger partial charge < -0.3 is 9.47 Å². The lowest BCUT2D eigenvalue weighted by Crippen LogP contribution is -2.40. The van der Waals surface area contributed by atoms with Crippen molar-refractivity contribution in [2.75, 3.05) is 6.79 Å². The van der Waals surface area contributed by atoms with Gasteiger partial charge >= 0.3 is 0 Å². The molecule has 0 saturated heterocycles. The van der Waals surface area contributed by atoms with Gasteiger partial charge in [-0.25, -0.2) is 0 Å². The topological polar surface area (TPSA) is 22.3 Å². The molecule has 0 unspecified atom stereocenters. The molecule has 0 N–H and O–H groups in total. The molecule has 180 valence electrons. The molecule has 6 rings (SSSR count). The van der Waals surface area contributed by atoms with E-state index in [0.29, 0.717) is 0 Å². The first-order chi connectivity index (χ1) is 18.3. The fraction of sp³-hybridized carbons (Fsp3) is 0.0882. The van der Waals surface area contributed by atoms with Gasteiger partial charge in [0.2, 0.25) is 18.2 Å². The van der Waals surface area contributed by atoms with Crippen LogP contribution < -0.4 is 14.0 Å². The van der Waals surface area contributed by atoms with Gasteiger partial charge in [0.05, 0.1) is 0 Å². The molecule has 1 aliphatic rings. The Kier molecular flexibility index (Phi) is 6.50. The largest absolute Gasteiger partial charge is 0.454 e. The number of aromatic nitrogens is 1. The van der Waals surface area contributed by atoms with Crippen molar-refractivity contribution in [2.45, 2.75) is 13.0 Å². The minimum atomic E-state index is 0.279. The van der Waals surface area contributed by atoms with Gasteiger partial charge in [-0.15, -0.1) is 0 Å². The third-order valence-electron chi connectivity index (χ3n) is 6.68. The Hall–Kier alpha value is -4.63. The zero-order valence-electron chi connectivity index (χ0n) is 20.6. The van der Waals surface area contributed by atoms with Crippen LogP contribution in [0.2, 0.25) is 0 Å². The van der Waals surface area contributed by atoms with Crippen molar-refractivity contribution in [1.82, 2.24) is 0 Å². The maximum absolute atomic E-state index is 5.60. The van der Waals surface area contributed by atoms with E-state index in [4.69, 9.17) is 9.47 Å². The highest BCUT2D eigenvalue weighted by atomic mass is 16.7. The zero-order chi connectivity index (χ0) is 24.9. The molecule has 0 aliphatic carbocycles. The fourth-order valence-corrected chi connectivity index (χ4v) is 4.76. The highest BCUT2D eigenvalue weighted by Gasteiger charge is 2.20. The molecule has 0 atom stereocenters. The van der Waals surface area contributed by atoms with Gasteiger partial charge in [-0.1, -0.05) is 84.9 Å². The average Bonchev–Trinajstić information content (AvgIpc) is 3.44. The molecule has 37 heavy (non-hydrogen) atoms. The van der Waals surface area contributed by atoms with Crippen molar-refractivity contribution in [2.24, 2.45) is 0 Å². The number of rotatable bonds is 7. The van der Waals surface area contributed by atoms with Gasteiger partial charge in [-0.05, 0) is 52.6 Å². The van der Waals surface area contributed by atoms with E-state index in [1.165, 1.54) is 27.9 Å². The third kappa shape index (κ3) is 5.17. The maximum Gasteiger partial charge on any atom is 0.231 e. The Balaban J connectivity index is 1.47. The molecular formula is C34H28NO2+. The lowest BCUT2D eigenvalue weighted by molar-refractivity contribution is -0.687. The van der Waals surface area contributed by atoms with Crippen LogP contribution in [0, 0.1) is 0 Å². The fourth-order valence-electron chi connectivity index (χ4n) is 4.76. The van der Waals surface area contributed by atoms with Crippen LogP contribution in [0.5, 0.6) is 11.5 Å². The van der Waals surface area contributed by atoms with Crippen molar-refractivity contribution >= 4 is 12.2 Å². The molecule has 0 bridgehead atoms. The standard InChI is InChI=1S/C34H28NO2/c1-4-10-26(11-5-1)20-21-35-31(18-16-27-17-19-33-34(22-27)37-25-36-33)23-30(28-12-6-2-7-13-28)24-32(35)29-14-8-3-9-15-29/h1-19,22-24H,20-21,25H2/q+1/b18-16+. The number of nitrogens with zero attached hydrogens (tertiary/aromatic N) is 1. The highest BCUT2D eigenvalue weighted by Crippen LogP contribution is 2.33. The Morgan fingerprint density at radius 2 is 1.27 bits per heavy atom. The van der Waals surface area contributed by atoms with Crippen LogP contribution in [-0.2, 0) is 13.0 Å². The molecule has 0 spiro atoms. The van der Waals surface area contributed by atoms with Crippen molar-refractivity contribution in [3.05, 3.63) is 138 Å². The van der Waals surface area contributed by atoms with Crippen LogP contribution in [0.25, 0.3) is 34.5 Å². The average molecular weight is 483 g/mol. The van der Waals surface area contributed by atoms with Gasteiger partial charge in [0.1, 0.15) is 0 Å². The number of hydrogen-bond acceptors (Lipinski definition) is 2. The van der Waals surface area contributed by atoms with Gasteiger partial charge in [-0.3, -0.25) is 0 Å². The molecule has 0 fully saturated rings. The first kappa shape index (κ1) is 22.8. The van der Waals surface area contributed by atoms with Gasteiger partial charge in [0.15, 0.2) is 18.0 Å². The van der Waals surface area contributed by atoms with Crippen molar-refractivity contribution < 1.29 is 14.0 Å². The molecule has 3 nitrogen and oxygen atoms in total. The number of ether oxygens (including phenoxy) is 2. The number of fused-ring (bicyclic) bond motifs is 1. The summed E-state index contributed by atoms with van der Waals surface area (Å²) in [5.41, 5.74) is 8.34.